The lowest BCUT2D eigenvalue weighted by molar-refractivity contribution is -0.137. The molecule has 1 aromatic carbocycles. The number of carbonyl (C=O) groups is 2. The molecule has 0 spiro atoms. The largest absolute Gasteiger partial charge is 0.481 e. The van der Waals surface area contributed by atoms with Gasteiger partial charge in [0.15, 0.2) is 0 Å². The maximum Gasteiger partial charge on any atom is 0.305 e. The molecule has 3 N–H and O–H groups in total. The molecule has 17 heavy (non-hydrogen) atoms. The van der Waals surface area contributed by atoms with E-state index in [9.17, 15) is 9.59 Å². The number of hydrogen-bond donors (Lipinski definition) is 2. The van der Waals surface area contributed by atoms with Crippen LogP contribution in [0, 0.1) is 0 Å². The zero-order valence-corrected chi connectivity index (χ0v) is 10.9. The van der Waals surface area contributed by atoms with E-state index in [1.54, 1.807) is 25.2 Å². The van der Waals surface area contributed by atoms with Crippen molar-refractivity contribution in [3.63, 3.8) is 0 Å². The first kappa shape index (κ1) is 13.5. The summed E-state index contributed by atoms with van der Waals surface area (Å²) >= 11 is 3.24. The number of nitrogens with zero attached hydrogens (tertiary/aromatic N) is 1. The Hall–Kier alpha value is -1.56. The Bertz CT molecular complexity index is 448. The predicted molar refractivity (Wildman–Crippen MR) is 67.8 cm³/mol. The van der Waals surface area contributed by atoms with Crippen LogP contribution in [0.4, 0.5) is 5.69 Å². The highest BCUT2D eigenvalue weighted by atomic mass is 79.9. The molecular formula is C11H13BrN2O3. The Balaban J connectivity index is 2.74. The number of carboxylic acid groups (broad SMARTS) is 1. The first-order valence-corrected chi connectivity index (χ1v) is 5.73. The lowest BCUT2D eigenvalue weighted by Crippen LogP contribution is -2.29. The van der Waals surface area contributed by atoms with E-state index in [-0.39, 0.29) is 18.9 Å². The number of aliphatic carboxylic acids is 1. The van der Waals surface area contributed by atoms with Gasteiger partial charge in [-0.2, -0.15) is 0 Å². The van der Waals surface area contributed by atoms with Crippen molar-refractivity contribution in [2.45, 2.75) is 6.42 Å². The minimum atomic E-state index is -0.931. The van der Waals surface area contributed by atoms with Crippen LogP contribution in [0.2, 0.25) is 0 Å². The van der Waals surface area contributed by atoms with Gasteiger partial charge in [-0.05, 0) is 34.1 Å². The van der Waals surface area contributed by atoms with Crippen molar-refractivity contribution in [2.75, 3.05) is 19.3 Å². The molecule has 0 fully saturated rings. The third-order valence-electron chi connectivity index (χ3n) is 2.25. The Kier molecular flexibility index (Phi) is 4.51. The smallest absolute Gasteiger partial charge is 0.305 e. The Morgan fingerprint density at radius 1 is 1.47 bits per heavy atom. The number of halogens is 1. The summed E-state index contributed by atoms with van der Waals surface area (Å²) in [5.41, 5.74) is 6.59. The van der Waals surface area contributed by atoms with E-state index < -0.39 is 5.97 Å². The second-order valence-corrected chi connectivity index (χ2v) is 4.46. The monoisotopic (exact) mass is 300 g/mol. The highest BCUT2D eigenvalue weighted by molar-refractivity contribution is 9.10. The third kappa shape index (κ3) is 3.74. The van der Waals surface area contributed by atoms with Crippen LogP contribution in [-0.4, -0.2) is 35.5 Å². The number of nitrogens with two attached hydrogens (primary N) is 1. The van der Waals surface area contributed by atoms with Gasteiger partial charge in [0.25, 0.3) is 5.91 Å². The molecule has 5 nitrogen and oxygen atoms in total. The number of benzene rings is 1. The van der Waals surface area contributed by atoms with Crippen molar-refractivity contribution in [3.8, 4) is 0 Å². The minimum Gasteiger partial charge on any atom is -0.481 e. The number of amides is 1. The van der Waals surface area contributed by atoms with E-state index in [0.29, 0.717) is 11.3 Å². The number of carbonyl (C=O) groups excluding carboxylic acids is 1. The van der Waals surface area contributed by atoms with Gasteiger partial charge in [0.2, 0.25) is 0 Å². The van der Waals surface area contributed by atoms with Gasteiger partial charge in [-0.1, -0.05) is 0 Å². The average Bonchev–Trinajstić information content (AvgIpc) is 2.28. The third-order valence-corrected chi connectivity index (χ3v) is 2.97. The first-order valence-electron chi connectivity index (χ1n) is 4.94. The van der Waals surface area contributed by atoms with Crippen LogP contribution in [0.3, 0.4) is 0 Å². The number of nitrogen functional groups attached to an aromatic ring is 1. The minimum absolute atomic E-state index is 0.0751. The molecule has 0 atom stereocenters. The molecule has 0 aromatic heterocycles. The molecule has 6 heteroatoms. The van der Waals surface area contributed by atoms with E-state index in [0.717, 1.165) is 4.47 Å². The zero-order chi connectivity index (χ0) is 13.0. The molecule has 0 radical (unpaired) electrons. The zero-order valence-electron chi connectivity index (χ0n) is 9.31. The molecule has 92 valence electrons. The highest BCUT2D eigenvalue weighted by Crippen LogP contribution is 2.20. The van der Waals surface area contributed by atoms with Gasteiger partial charge in [-0.15, -0.1) is 0 Å². The molecule has 0 bridgehead atoms. The van der Waals surface area contributed by atoms with Gasteiger partial charge < -0.3 is 15.7 Å². The van der Waals surface area contributed by atoms with Gasteiger partial charge in [0.1, 0.15) is 0 Å². The Morgan fingerprint density at radius 3 is 2.65 bits per heavy atom. The van der Waals surface area contributed by atoms with E-state index >= 15 is 0 Å². The maximum atomic E-state index is 11.9. The fraction of sp³-hybridized carbons (Fsp3) is 0.273. The number of carboxylic acids is 1. The van der Waals surface area contributed by atoms with Gasteiger partial charge in [-0.3, -0.25) is 9.59 Å². The molecule has 1 amide bonds. The topological polar surface area (TPSA) is 83.6 Å². The van der Waals surface area contributed by atoms with Crippen molar-refractivity contribution >= 4 is 33.5 Å². The van der Waals surface area contributed by atoms with Crippen LogP contribution in [0.5, 0.6) is 0 Å². The van der Waals surface area contributed by atoms with Crippen LogP contribution in [0.15, 0.2) is 22.7 Å². The molecule has 0 saturated heterocycles. The van der Waals surface area contributed by atoms with Gasteiger partial charge in [-0.25, -0.2) is 0 Å². The lowest BCUT2D eigenvalue weighted by atomic mass is 10.2. The fourth-order valence-electron chi connectivity index (χ4n) is 1.26. The lowest BCUT2D eigenvalue weighted by Gasteiger charge is -2.16. The molecule has 0 heterocycles. The molecule has 0 aliphatic rings. The van der Waals surface area contributed by atoms with Crippen LogP contribution < -0.4 is 5.73 Å². The number of hydrogen-bond acceptors (Lipinski definition) is 3. The quantitative estimate of drug-likeness (QED) is 0.827. The summed E-state index contributed by atoms with van der Waals surface area (Å²) in [6, 6.07) is 4.89. The summed E-state index contributed by atoms with van der Waals surface area (Å²) in [4.78, 5) is 23.6. The molecule has 1 rings (SSSR count). The second-order valence-electron chi connectivity index (χ2n) is 3.61. The number of anilines is 1. The van der Waals surface area contributed by atoms with E-state index in [4.69, 9.17) is 10.8 Å². The number of rotatable bonds is 4. The van der Waals surface area contributed by atoms with Crippen molar-refractivity contribution in [1.29, 1.82) is 0 Å². The SMILES string of the molecule is CN(CCC(=O)O)C(=O)c1ccc(Br)c(N)c1. The Morgan fingerprint density at radius 2 is 2.12 bits per heavy atom. The maximum absolute atomic E-state index is 11.9. The van der Waals surface area contributed by atoms with Crippen molar-refractivity contribution in [2.24, 2.45) is 0 Å². The molecular weight excluding hydrogens is 288 g/mol. The highest BCUT2D eigenvalue weighted by Gasteiger charge is 2.13. The summed E-state index contributed by atoms with van der Waals surface area (Å²) in [6.45, 7) is 0.171. The van der Waals surface area contributed by atoms with Crippen LogP contribution in [-0.2, 0) is 4.79 Å². The molecule has 0 aliphatic heterocycles. The van der Waals surface area contributed by atoms with Gasteiger partial charge in [0.05, 0.1) is 6.42 Å². The van der Waals surface area contributed by atoms with E-state index in [2.05, 4.69) is 15.9 Å². The summed E-state index contributed by atoms with van der Waals surface area (Å²) in [5, 5.41) is 8.53. The molecule has 0 saturated carbocycles. The molecule has 1 aromatic rings. The van der Waals surface area contributed by atoms with E-state index in [1.807, 2.05) is 0 Å². The van der Waals surface area contributed by atoms with Crippen LogP contribution in [0.1, 0.15) is 16.8 Å². The summed E-state index contributed by atoms with van der Waals surface area (Å²) in [5.74, 6) is -1.18. The van der Waals surface area contributed by atoms with Crippen LogP contribution >= 0.6 is 15.9 Å². The summed E-state index contributed by atoms with van der Waals surface area (Å²) < 4.78 is 0.724. The van der Waals surface area contributed by atoms with Crippen molar-refractivity contribution in [1.82, 2.24) is 4.90 Å². The van der Waals surface area contributed by atoms with Gasteiger partial charge >= 0.3 is 5.97 Å². The summed E-state index contributed by atoms with van der Waals surface area (Å²) in [6.07, 6.45) is -0.0751. The predicted octanol–water partition coefficient (Wildman–Crippen LogP) is 1.58. The standard InChI is InChI=1S/C11H13BrN2O3/c1-14(5-4-10(15)16)11(17)7-2-3-8(12)9(13)6-7/h2-3,6H,4-5,13H2,1H3,(H,15,16). The van der Waals surface area contributed by atoms with Crippen molar-refractivity contribution in [3.05, 3.63) is 28.2 Å². The molecule has 0 unspecified atom stereocenters. The van der Waals surface area contributed by atoms with Crippen LogP contribution in [0.25, 0.3) is 0 Å². The fourth-order valence-corrected chi connectivity index (χ4v) is 1.51. The Labute approximate surface area is 107 Å². The first-order chi connectivity index (χ1) is 7.91. The molecule has 0 aliphatic carbocycles. The van der Waals surface area contributed by atoms with E-state index in [1.165, 1.54) is 4.90 Å². The second kappa shape index (κ2) is 5.67. The average molecular weight is 301 g/mol. The normalized spacial score (nSPS) is 10.0. The van der Waals surface area contributed by atoms with Gasteiger partial charge in [0, 0.05) is 29.3 Å². The van der Waals surface area contributed by atoms with Crippen molar-refractivity contribution < 1.29 is 14.7 Å². The summed E-state index contributed by atoms with van der Waals surface area (Å²) in [7, 11) is 1.56.